The number of benzene rings is 3. The van der Waals surface area contributed by atoms with Crippen LogP contribution in [0, 0.1) is 5.41 Å². The van der Waals surface area contributed by atoms with E-state index in [1.807, 2.05) is 24.3 Å². The molecular weight excluding hydrogens is 444 g/mol. The fourth-order valence-electron chi connectivity index (χ4n) is 4.74. The molecule has 0 heterocycles. The van der Waals surface area contributed by atoms with Gasteiger partial charge in [-0.1, -0.05) is 78.9 Å². The molecule has 0 radical (unpaired) electrons. The van der Waals surface area contributed by atoms with Crippen molar-refractivity contribution >= 4 is 18.0 Å². The van der Waals surface area contributed by atoms with Crippen LogP contribution in [0.25, 0.3) is 11.1 Å². The number of carbonyl (C=O) groups is 3. The summed E-state index contributed by atoms with van der Waals surface area (Å²) in [5, 5.41) is 14.9. The molecule has 1 saturated carbocycles. The summed E-state index contributed by atoms with van der Waals surface area (Å²) in [6, 6.07) is 23.6. The molecular formula is C28H26N2O5. The first-order chi connectivity index (χ1) is 17.0. The van der Waals surface area contributed by atoms with Crippen molar-refractivity contribution in [3.63, 3.8) is 0 Å². The highest BCUT2D eigenvalue weighted by Gasteiger charge is 2.51. The molecule has 35 heavy (non-hydrogen) atoms. The number of ether oxygens (including phenoxy) is 1. The topological polar surface area (TPSA) is 105 Å². The standard InChI is InChI=1S/C28H26N2O5/c31-25(32)24(18-8-2-1-3-9-18)30-26(33)28(14-15-28)17-29-27(34)35-16-23-21-12-6-4-10-19(21)20-11-5-7-13-22(20)23/h1-13,23-24H,14-17H2,(H,29,34)(H,30,33)(H,31,32). The second-order valence-electron chi connectivity index (χ2n) is 9.11. The number of carboxylic acids is 1. The van der Waals surface area contributed by atoms with Crippen LogP contribution in [0.1, 0.15) is 41.5 Å². The van der Waals surface area contributed by atoms with Crippen LogP contribution < -0.4 is 10.6 Å². The molecule has 3 aromatic carbocycles. The fraction of sp³-hybridized carbons (Fsp3) is 0.250. The van der Waals surface area contributed by atoms with Crippen molar-refractivity contribution in [3.05, 3.63) is 95.6 Å². The van der Waals surface area contributed by atoms with Crippen LogP contribution in [-0.4, -0.2) is 36.2 Å². The van der Waals surface area contributed by atoms with Gasteiger partial charge >= 0.3 is 12.1 Å². The van der Waals surface area contributed by atoms with E-state index in [0.717, 1.165) is 22.3 Å². The van der Waals surface area contributed by atoms with Gasteiger partial charge in [0.25, 0.3) is 0 Å². The number of carbonyl (C=O) groups excluding carboxylic acids is 2. The van der Waals surface area contributed by atoms with Gasteiger partial charge in [-0.15, -0.1) is 0 Å². The van der Waals surface area contributed by atoms with Gasteiger partial charge in [0.15, 0.2) is 6.04 Å². The molecule has 0 spiro atoms. The number of fused-ring (bicyclic) bond motifs is 3. The fourth-order valence-corrected chi connectivity index (χ4v) is 4.74. The maximum absolute atomic E-state index is 12.9. The number of alkyl carbamates (subject to hydrolysis) is 1. The van der Waals surface area contributed by atoms with Gasteiger partial charge in [0.2, 0.25) is 5.91 Å². The molecule has 1 unspecified atom stereocenters. The Labute approximate surface area is 203 Å². The highest BCUT2D eigenvalue weighted by atomic mass is 16.5. The van der Waals surface area contributed by atoms with Crippen LogP contribution in [0.2, 0.25) is 0 Å². The van der Waals surface area contributed by atoms with E-state index < -0.39 is 23.5 Å². The summed E-state index contributed by atoms with van der Waals surface area (Å²) < 4.78 is 5.56. The van der Waals surface area contributed by atoms with Gasteiger partial charge in [-0.2, -0.15) is 0 Å². The molecule has 3 N–H and O–H groups in total. The van der Waals surface area contributed by atoms with Gasteiger partial charge in [0.05, 0.1) is 5.41 Å². The molecule has 2 amide bonds. The Hall–Kier alpha value is -4.13. The van der Waals surface area contributed by atoms with Crippen LogP contribution in [-0.2, 0) is 14.3 Å². The summed E-state index contributed by atoms with van der Waals surface area (Å²) in [6.07, 6.45) is 0.552. The summed E-state index contributed by atoms with van der Waals surface area (Å²) in [5.74, 6) is -1.56. The quantitative estimate of drug-likeness (QED) is 0.457. The minimum atomic E-state index is -1.14. The third-order valence-corrected chi connectivity index (χ3v) is 6.91. The summed E-state index contributed by atoms with van der Waals surface area (Å²) in [4.78, 5) is 37.1. The van der Waals surface area contributed by atoms with Crippen LogP contribution in [0.15, 0.2) is 78.9 Å². The Bertz CT molecular complexity index is 1220. The Kier molecular flexibility index (Phi) is 5.99. The zero-order valence-corrected chi connectivity index (χ0v) is 19.1. The van der Waals surface area contributed by atoms with Gasteiger partial charge in [-0.05, 0) is 40.7 Å². The molecule has 178 valence electrons. The predicted molar refractivity (Wildman–Crippen MR) is 130 cm³/mol. The van der Waals surface area contributed by atoms with Gasteiger partial charge in [0, 0.05) is 12.5 Å². The molecule has 2 aliphatic carbocycles. The molecule has 7 nitrogen and oxygen atoms in total. The molecule has 2 aliphatic rings. The third kappa shape index (κ3) is 4.49. The van der Waals surface area contributed by atoms with Crippen molar-refractivity contribution in [2.75, 3.05) is 13.2 Å². The van der Waals surface area contributed by atoms with E-state index in [4.69, 9.17) is 4.74 Å². The van der Waals surface area contributed by atoms with Gasteiger partial charge in [0.1, 0.15) is 6.61 Å². The summed E-state index contributed by atoms with van der Waals surface area (Å²) in [5.41, 5.74) is 4.23. The number of hydrogen-bond acceptors (Lipinski definition) is 4. The molecule has 1 atom stereocenters. The highest BCUT2D eigenvalue weighted by Crippen LogP contribution is 2.46. The van der Waals surface area contributed by atoms with Crippen molar-refractivity contribution in [1.29, 1.82) is 0 Å². The summed E-state index contributed by atoms with van der Waals surface area (Å²) in [6.45, 7) is 0.283. The second-order valence-corrected chi connectivity index (χ2v) is 9.11. The molecule has 1 fully saturated rings. The van der Waals surface area contributed by atoms with E-state index >= 15 is 0 Å². The Morgan fingerprint density at radius 1 is 0.886 bits per heavy atom. The number of aliphatic carboxylic acids is 1. The van der Waals surface area contributed by atoms with Gasteiger partial charge < -0.3 is 20.5 Å². The summed E-state index contributed by atoms with van der Waals surface area (Å²) >= 11 is 0. The number of rotatable bonds is 8. The highest BCUT2D eigenvalue weighted by molar-refractivity contribution is 5.90. The number of carboxylic acid groups (broad SMARTS) is 1. The second kappa shape index (κ2) is 9.25. The normalized spacial score (nSPS) is 15.9. The molecule has 5 rings (SSSR count). The lowest BCUT2D eigenvalue weighted by Gasteiger charge is -2.21. The average molecular weight is 471 g/mol. The first kappa shape index (κ1) is 22.7. The van der Waals surface area contributed by atoms with Gasteiger partial charge in [-0.25, -0.2) is 9.59 Å². The minimum Gasteiger partial charge on any atom is -0.479 e. The minimum absolute atomic E-state index is 0.0477. The Morgan fingerprint density at radius 3 is 2.03 bits per heavy atom. The van der Waals surface area contributed by atoms with E-state index in [1.54, 1.807) is 30.3 Å². The maximum atomic E-state index is 12.9. The number of amides is 2. The lowest BCUT2D eigenvalue weighted by molar-refractivity contribution is -0.143. The van der Waals surface area contributed by atoms with E-state index in [1.165, 1.54) is 0 Å². The van der Waals surface area contributed by atoms with E-state index in [2.05, 4.69) is 34.9 Å². The van der Waals surface area contributed by atoms with Crippen molar-refractivity contribution < 1.29 is 24.2 Å². The number of hydrogen-bond donors (Lipinski definition) is 3. The Balaban J connectivity index is 1.18. The van der Waals surface area contributed by atoms with Crippen LogP contribution >= 0.6 is 0 Å². The monoisotopic (exact) mass is 470 g/mol. The van der Waals surface area contributed by atoms with Crippen LogP contribution in [0.5, 0.6) is 0 Å². The maximum Gasteiger partial charge on any atom is 0.407 e. The lowest BCUT2D eigenvalue weighted by atomic mass is 9.98. The van der Waals surface area contributed by atoms with Crippen LogP contribution in [0.4, 0.5) is 4.79 Å². The van der Waals surface area contributed by atoms with Crippen LogP contribution in [0.3, 0.4) is 0 Å². The largest absolute Gasteiger partial charge is 0.479 e. The molecule has 0 aliphatic heterocycles. The molecule has 7 heteroatoms. The van der Waals surface area contributed by atoms with E-state index in [0.29, 0.717) is 18.4 Å². The van der Waals surface area contributed by atoms with Crippen molar-refractivity contribution in [2.45, 2.75) is 24.8 Å². The Morgan fingerprint density at radius 2 is 1.46 bits per heavy atom. The molecule has 0 aromatic heterocycles. The van der Waals surface area contributed by atoms with Crippen molar-refractivity contribution in [2.24, 2.45) is 5.41 Å². The van der Waals surface area contributed by atoms with Crippen molar-refractivity contribution in [3.8, 4) is 11.1 Å². The zero-order valence-electron chi connectivity index (χ0n) is 19.1. The van der Waals surface area contributed by atoms with Gasteiger partial charge in [-0.3, -0.25) is 4.79 Å². The molecule has 3 aromatic rings. The van der Waals surface area contributed by atoms with E-state index in [9.17, 15) is 19.5 Å². The molecule has 0 bridgehead atoms. The third-order valence-electron chi connectivity index (χ3n) is 6.91. The van der Waals surface area contributed by atoms with Crippen molar-refractivity contribution in [1.82, 2.24) is 10.6 Å². The SMILES string of the molecule is O=C(NCC1(C(=O)NC(C(=O)O)c2ccccc2)CC1)OCC1c2ccccc2-c2ccccc21. The zero-order chi connectivity index (χ0) is 24.4. The lowest BCUT2D eigenvalue weighted by Crippen LogP contribution is -2.43. The van der Waals surface area contributed by atoms with E-state index in [-0.39, 0.29) is 25.0 Å². The first-order valence-corrected chi connectivity index (χ1v) is 11.7. The first-order valence-electron chi connectivity index (χ1n) is 11.7. The number of nitrogens with one attached hydrogen (secondary N) is 2. The molecule has 0 saturated heterocycles. The summed E-state index contributed by atoms with van der Waals surface area (Å²) in [7, 11) is 0. The smallest absolute Gasteiger partial charge is 0.407 e. The average Bonchev–Trinajstić information content (AvgIpc) is 3.62. The predicted octanol–water partition coefficient (Wildman–Crippen LogP) is 4.25.